The first-order valence-electron chi connectivity index (χ1n) is 10.8. The van der Waals surface area contributed by atoms with Crippen molar-refractivity contribution in [2.45, 2.75) is 28.6 Å². The van der Waals surface area contributed by atoms with Gasteiger partial charge in [0.2, 0.25) is 0 Å². The molecule has 1 heterocycles. The second kappa shape index (κ2) is 10.4. The molecular weight excluding hydrogens is 438 g/mol. The Labute approximate surface area is 195 Å². The van der Waals surface area contributed by atoms with Crippen LogP contribution in [0.1, 0.15) is 24.3 Å². The molecular formula is C25H29N3O2S2. The zero-order valence-electron chi connectivity index (χ0n) is 18.4. The van der Waals surface area contributed by atoms with Gasteiger partial charge in [-0.1, -0.05) is 42.5 Å². The second-order valence-corrected chi connectivity index (χ2v) is 11.0. The molecule has 5 nitrogen and oxygen atoms in total. The molecule has 1 aliphatic rings. The maximum absolute atomic E-state index is 13.0. The molecule has 168 valence electrons. The summed E-state index contributed by atoms with van der Waals surface area (Å²) in [6, 6.07) is 25.9. The normalized spacial score (nSPS) is 16.7. The van der Waals surface area contributed by atoms with Crippen molar-refractivity contribution in [2.75, 3.05) is 36.8 Å². The van der Waals surface area contributed by atoms with E-state index in [1.165, 1.54) is 5.56 Å². The third-order valence-corrected chi connectivity index (χ3v) is 8.23. The van der Waals surface area contributed by atoms with Crippen LogP contribution in [0.3, 0.4) is 0 Å². The van der Waals surface area contributed by atoms with Crippen LogP contribution in [0.15, 0.2) is 88.7 Å². The highest BCUT2D eigenvalue weighted by atomic mass is 32.2. The van der Waals surface area contributed by atoms with E-state index in [0.29, 0.717) is 15.7 Å². The first kappa shape index (κ1) is 22.7. The summed E-state index contributed by atoms with van der Waals surface area (Å²) in [7, 11) is 0.916. The third kappa shape index (κ3) is 5.28. The van der Waals surface area contributed by atoms with Crippen molar-refractivity contribution in [3.63, 3.8) is 0 Å². The summed E-state index contributed by atoms with van der Waals surface area (Å²) in [6.45, 7) is 1.94. The highest BCUT2D eigenvalue weighted by Gasteiger charge is 2.22. The van der Waals surface area contributed by atoms with Gasteiger partial charge in [-0.25, -0.2) is 12.7 Å². The smallest absolute Gasteiger partial charge is 0.150 e. The van der Waals surface area contributed by atoms with Crippen LogP contribution in [-0.2, 0) is 22.0 Å². The van der Waals surface area contributed by atoms with Crippen molar-refractivity contribution in [1.29, 1.82) is 0 Å². The predicted molar refractivity (Wildman–Crippen MR) is 134 cm³/mol. The highest BCUT2D eigenvalue weighted by Crippen LogP contribution is 2.34. The standard InChI is InChI=1S/C25H29N3O2S2/c1-27(2)32(30)23-14-12-22(13-15-23)31(29)26-24-10-6-7-11-25(24)28-18-16-21(17-19-28)20-8-4-3-5-9-20/h3-15,21,26H,16-19H2,1-2H3. The summed E-state index contributed by atoms with van der Waals surface area (Å²) in [5, 5.41) is 0. The van der Waals surface area contributed by atoms with Gasteiger partial charge >= 0.3 is 0 Å². The maximum Gasteiger partial charge on any atom is 0.150 e. The lowest BCUT2D eigenvalue weighted by Gasteiger charge is -2.35. The quantitative estimate of drug-likeness (QED) is 0.544. The summed E-state index contributed by atoms with van der Waals surface area (Å²) in [5.74, 6) is 0.591. The van der Waals surface area contributed by atoms with E-state index in [9.17, 15) is 8.42 Å². The molecule has 2 atom stereocenters. The van der Waals surface area contributed by atoms with Crippen LogP contribution < -0.4 is 9.62 Å². The Kier molecular flexibility index (Phi) is 7.40. The number of benzene rings is 3. The van der Waals surface area contributed by atoms with E-state index in [-0.39, 0.29) is 0 Å². The monoisotopic (exact) mass is 467 g/mol. The zero-order valence-corrected chi connectivity index (χ0v) is 20.1. The van der Waals surface area contributed by atoms with E-state index < -0.39 is 22.0 Å². The first-order valence-corrected chi connectivity index (χ1v) is 13.0. The molecule has 0 spiro atoms. The molecule has 0 saturated carbocycles. The van der Waals surface area contributed by atoms with Gasteiger partial charge in [0.05, 0.1) is 21.2 Å². The average molecular weight is 468 g/mol. The van der Waals surface area contributed by atoms with Crippen molar-refractivity contribution in [3.05, 3.63) is 84.4 Å². The average Bonchev–Trinajstić information content (AvgIpc) is 2.84. The second-order valence-electron chi connectivity index (χ2n) is 8.09. The minimum Gasteiger partial charge on any atom is -0.370 e. The summed E-state index contributed by atoms with van der Waals surface area (Å²) >= 11 is 0. The van der Waals surface area contributed by atoms with Gasteiger partial charge in [-0.05, 0) is 74.8 Å². The lowest BCUT2D eigenvalue weighted by atomic mass is 9.89. The van der Waals surface area contributed by atoms with Crippen LogP contribution in [0.4, 0.5) is 11.4 Å². The first-order chi connectivity index (χ1) is 15.5. The molecule has 1 N–H and O–H groups in total. The fourth-order valence-corrected chi connectivity index (χ4v) is 5.73. The van der Waals surface area contributed by atoms with Gasteiger partial charge in [0.1, 0.15) is 22.0 Å². The molecule has 7 heteroatoms. The minimum absolute atomic E-state index is 0.591. The van der Waals surface area contributed by atoms with Crippen molar-refractivity contribution < 1.29 is 8.42 Å². The lowest BCUT2D eigenvalue weighted by Crippen LogP contribution is -2.33. The number of hydrogen-bond acceptors (Lipinski definition) is 3. The molecule has 1 fully saturated rings. The Bertz CT molecular complexity index is 1080. The molecule has 3 aromatic rings. The topological polar surface area (TPSA) is 52.7 Å². The predicted octanol–water partition coefficient (Wildman–Crippen LogP) is 4.79. The molecule has 0 aliphatic carbocycles. The number of piperidine rings is 1. The third-order valence-electron chi connectivity index (χ3n) is 5.78. The Morgan fingerprint density at radius 1 is 0.812 bits per heavy atom. The number of hydrogen-bond donors (Lipinski definition) is 1. The van der Waals surface area contributed by atoms with Crippen molar-refractivity contribution in [2.24, 2.45) is 0 Å². The van der Waals surface area contributed by atoms with E-state index in [0.717, 1.165) is 37.3 Å². The Morgan fingerprint density at radius 2 is 1.41 bits per heavy atom. The molecule has 0 radical (unpaired) electrons. The number of nitrogens with one attached hydrogen (secondary N) is 1. The van der Waals surface area contributed by atoms with Crippen LogP contribution in [0.5, 0.6) is 0 Å². The van der Waals surface area contributed by atoms with Gasteiger partial charge in [-0.3, -0.25) is 4.72 Å². The number of nitrogens with zero attached hydrogens (tertiary/aromatic N) is 2. The van der Waals surface area contributed by atoms with Crippen LogP contribution in [-0.4, -0.2) is 39.9 Å². The Balaban J connectivity index is 1.44. The van der Waals surface area contributed by atoms with Gasteiger partial charge < -0.3 is 4.90 Å². The van der Waals surface area contributed by atoms with Crippen LogP contribution >= 0.6 is 0 Å². The van der Waals surface area contributed by atoms with Crippen LogP contribution in [0, 0.1) is 0 Å². The van der Waals surface area contributed by atoms with E-state index in [1.54, 1.807) is 42.7 Å². The molecule has 4 rings (SSSR count). The number of para-hydroxylation sites is 2. The SMILES string of the molecule is CN(C)S(=O)c1ccc(S(=O)Nc2ccccc2N2CCC(c3ccccc3)CC2)cc1. The van der Waals surface area contributed by atoms with Gasteiger partial charge in [-0.15, -0.1) is 0 Å². The molecule has 3 aromatic carbocycles. The molecule has 0 amide bonds. The highest BCUT2D eigenvalue weighted by molar-refractivity contribution is 7.86. The van der Waals surface area contributed by atoms with Crippen LogP contribution in [0.25, 0.3) is 0 Å². The largest absolute Gasteiger partial charge is 0.370 e. The van der Waals surface area contributed by atoms with E-state index in [4.69, 9.17) is 0 Å². The van der Waals surface area contributed by atoms with Crippen molar-refractivity contribution in [1.82, 2.24) is 4.31 Å². The Hall–Kier alpha value is -2.48. The molecule has 0 bridgehead atoms. The van der Waals surface area contributed by atoms with Gasteiger partial charge in [-0.2, -0.15) is 0 Å². The molecule has 0 aromatic heterocycles. The van der Waals surface area contributed by atoms with Crippen LogP contribution in [0.2, 0.25) is 0 Å². The zero-order chi connectivity index (χ0) is 22.5. The van der Waals surface area contributed by atoms with Gasteiger partial charge in [0.25, 0.3) is 0 Å². The summed E-state index contributed by atoms with van der Waals surface area (Å²) in [5.41, 5.74) is 3.36. The van der Waals surface area contributed by atoms with E-state index in [2.05, 4.69) is 46.0 Å². The number of rotatable bonds is 7. The fourth-order valence-electron chi connectivity index (χ4n) is 4.06. The van der Waals surface area contributed by atoms with Gasteiger partial charge in [0, 0.05) is 13.1 Å². The summed E-state index contributed by atoms with van der Waals surface area (Å²) in [4.78, 5) is 3.72. The molecule has 1 saturated heterocycles. The summed E-state index contributed by atoms with van der Waals surface area (Å²) in [6.07, 6.45) is 2.21. The maximum atomic E-state index is 13.0. The van der Waals surface area contributed by atoms with Crippen molar-refractivity contribution >= 4 is 33.3 Å². The molecule has 32 heavy (non-hydrogen) atoms. The van der Waals surface area contributed by atoms with E-state index in [1.807, 2.05) is 18.2 Å². The minimum atomic E-state index is -1.41. The van der Waals surface area contributed by atoms with Crippen molar-refractivity contribution in [3.8, 4) is 0 Å². The molecule has 1 aliphatic heterocycles. The fraction of sp³-hybridized carbons (Fsp3) is 0.280. The molecule has 2 unspecified atom stereocenters. The van der Waals surface area contributed by atoms with Gasteiger partial charge in [0.15, 0.2) is 0 Å². The summed E-state index contributed by atoms with van der Waals surface area (Å²) < 4.78 is 30.0. The Morgan fingerprint density at radius 3 is 2.06 bits per heavy atom. The van der Waals surface area contributed by atoms with E-state index >= 15 is 0 Å². The lowest BCUT2D eigenvalue weighted by molar-refractivity contribution is 0.506. The number of anilines is 2.